The van der Waals surface area contributed by atoms with Gasteiger partial charge in [-0.3, -0.25) is 14.9 Å². The summed E-state index contributed by atoms with van der Waals surface area (Å²) in [7, 11) is 3.71. The van der Waals surface area contributed by atoms with Crippen LogP contribution in [0, 0.1) is 0 Å². The second-order valence-electron chi connectivity index (χ2n) is 5.80. The number of hydrogen-bond acceptors (Lipinski definition) is 6. The van der Waals surface area contributed by atoms with Crippen LogP contribution >= 0.6 is 0 Å². The third kappa shape index (κ3) is 6.04. The molecule has 0 aliphatic rings. The zero-order valence-electron chi connectivity index (χ0n) is 15.1. The molecule has 9 heteroatoms. The maximum absolute atomic E-state index is 12.1. The van der Waals surface area contributed by atoms with Crippen LogP contribution in [0.15, 0.2) is 48.5 Å². The first-order chi connectivity index (χ1) is 13.3. The van der Waals surface area contributed by atoms with E-state index in [2.05, 4.69) is 4.74 Å². The van der Waals surface area contributed by atoms with Crippen molar-refractivity contribution in [1.82, 2.24) is 5.32 Å². The van der Waals surface area contributed by atoms with Crippen LogP contribution in [0.2, 0.25) is 0 Å². The van der Waals surface area contributed by atoms with Gasteiger partial charge in [-0.05, 0) is 48.5 Å². The standard InChI is InChI=1S/C19H18F2N2O5/c1-23(2)14-7-3-13(4-8-14)18(26)27-11-16(24)22-17(25)12-5-9-15(10-6-12)28-19(20)21/h3-10,19H,11H2,1-2H3,(H,22,24,25). The molecule has 2 rings (SSSR count). The molecule has 2 aromatic carbocycles. The molecule has 2 amide bonds. The van der Waals surface area contributed by atoms with E-state index in [1.807, 2.05) is 24.3 Å². The van der Waals surface area contributed by atoms with Crippen LogP contribution in [0.3, 0.4) is 0 Å². The Kier molecular flexibility index (Phi) is 7.02. The fourth-order valence-corrected chi connectivity index (χ4v) is 2.13. The minimum Gasteiger partial charge on any atom is -0.452 e. The Balaban J connectivity index is 1.84. The van der Waals surface area contributed by atoms with E-state index in [9.17, 15) is 23.2 Å². The van der Waals surface area contributed by atoms with Gasteiger partial charge < -0.3 is 14.4 Å². The molecule has 0 aliphatic heterocycles. The van der Waals surface area contributed by atoms with Crippen LogP contribution in [0.5, 0.6) is 5.75 Å². The van der Waals surface area contributed by atoms with Gasteiger partial charge in [-0.1, -0.05) is 0 Å². The first-order valence-electron chi connectivity index (χ1n) is 8.10. The number of amides is 2. The predicted molar refractivity (Wildman–Crippen MR) is 96.6 cm³/mol. The molecule has 2 aromatic rings. The molecule has 28 heavy (non-hydrogen) atoms. The van der Waals surface area contributed by atoms with Gasteiger partial charge in [0.2, 0.25) is 0 Å². The number of nitrogens with zero attached hydrogens (tertiary/aromatic N) is 1. The number of carbonyl (C=O) groups is 3. The van der Waals surface area contributed by atoms with Crippen LogP contribution in [0.4, 0.5) is 14.5 Å². The molecule has 1 N–H and O–H groups in total. The smallest absolute Gasteiger partial charge is 0.387 e. The fourth-order valence-electron chi connectivity index (χ4n) is 2.13. The topological polar surface area (TPSA) is 84.9 Å². The van der Waals surface area contributed by atoms with E-state index >= 15 is 0 Å². The summed E-state index contributed by atoms with van der Waals surface area (Å²) >= 11 is 0. The van der Waals surface area contributed by atoms with E-state index < -0.39 is 31.0 Å². The first-order valence-corrected chi connectivity index (χ1v) is 8.10. The summed E-state index contributed by atoms with van der Waals surface area (Å²) in [4.78, 5) is 37.5. The van der Waals surface area contributed by atoms with Crippen molar-refractivity contribution in [1.29, 1.82) is 0 Å². The maximum Gasteiger partial charge on any atom is 0.387 e. The molecule has 0 saturated heterocycles. The number of imide groups is 1. The third-order valence-electron chi connectivity index (χ3n) is 3.55. The normalized spacial score (nSPS) is 10.3. The SMILES string of the molecule is CN(C)c1ccc(C(=O)OCC(=O)NC(=O)c2ccc(OC(F)F)cc2)cc1. The molecule has 0 heterocycles. The maximum atomic E-state index is 12.1. The highest BCUT2D eigenvalue weighted by Crippen LogP contribution is 2.15. The van der Waals surface area contributed by atoms with Crippen molar-refractivity contribution in [3.63, 3.8) is 0 Å². The Hall–Kier alpha value is -3.49. The monoisotopic (exact) mass is 392 g/mol. The molecule has 0 unspecified atom stereocenters. The average Bonchev–Trinajstić information content (AvgIpc) is 2.66. The predicted octanol–water partition coefficient (Wildman–Crippen LogP) is 2.47. The molecule has 7 nitrogen and oxygen atoms in total. The Morgan fingerprint density at radius 1 is 0.964 bits per heavy atom. The molecular formula is C19H18F2N2O5. The van der Waals surface area contributed by atoms with E-state index in [1.54, 1.807) is 24.3 Å². The zero-order chi connectivity index (χ0) is 20.7. The summed E-state index contributed by atoms with van der Waals surface area (Å²) in [6, 6.07) is 11.3. The summed E-state index contributed by atoms with van der Waals surface area (Å²) in [5, 5.41) is 2.04. The van der Waals surface area contributed by atoms with Crippen LogP contribution in [-0.4, -0.2) is 45.1 Å². The number of esters is 1. The Labute approximate surface area is 159 Å². The molecule has 148 valence electrons. The summed E-state index contributed by atoms with van der Waals surface area (Å²) < 4.78 is 33.2. The van der Waals surface area contributed by atoms with Gasteiger partial charge in [0.05, 0.1) is 5.56 Å². The van der Waals surface area contributed by atoms with E-state index in [0.717, 1.165) is 5.69 Å². The van der Waals surface area contributed by atoms with Crippen LogP contribution in [0.1, 0.15) is 20.7 Å². The summed E-state index contributed by atoms with van der Waals surface area (Å²) in [6.07, 6.45) is 0. The number of halogens is 2. The number of rotatable bonds is 7. The second kappa shape index (κ2) is 9.45. The molecule has 0 aliphatic carbocycles. The number of nitrogens with one attached hydrogen (secondary N) is 1. The summed E-state index contributed by atoms with van der Waals surface area (Å²) in [6.45, 7) is -3.62. The number of alkyl halides is 2. The van der Waals surface area contributed by atoms with Gasteiger partial charge in [-0.15, -0.1) is 0 Å². The van der Waals surface area contributed by atoms with E-state index in [1.165, 1.54) is 24.3 Å². The number of ether oxygens (including phenoxy) is 2. The Bertz CT molecular complexity index is 836. The summed E-state index contributed by atoms with van der Waals surface area (Å²) in [5.74, 6) is -2.41. The van der Waals surface area contributed by atoms with E-state index in [4.69, 9.17) is 4.74 Å². The molecule has 0 fully saturated rings. The lowest BCUT2D eigenvalue weighted by atomic mass is 10.2. The van der Waals surface area contributed by atoms with Gasteiger partial charge in [0.1, 0.15) is 5.75 Å². The van der Waals surface area contributed by atoms with Crippen molar-refractivity contribution < 1.29 is 32.6 Å². The third-order valence-corrected chi connectivity index (χ3v) is 3.55. The summed E-state index contributed by atoms with van der Waals surface area (Å²) in [5.41, 5.74) is 1.21. The zero-order valence-corrected chi connectivity index (χ0v) is 15.1. The van der Waals surface area contributed by atoms with Crippen molar-refractivity contribution in [3.8, 4) is 5.75 Å². The number of benzene rings is 2. The van der Waals surface area contributed by atoms with Crippen LogP contribution in [0.25, 0.3) is 0 Å². The lowest BCUT2D eigenvalue weighted by Crippen LogP contribution is -2.34. The van der Waals surface area contributed by atoms with Gasteiger partial charge in [0, 0.05) is 25.3 Å². The van der Waals surface area contributed by atoms with Crippen LogP contribution in [-0.2, 0) is 9.53 Å². The highest BCUT2D eigenvalue weighted by Gasteiger charge is 2.14. The number of anilines is 1. The second-order valence-corrected chi connectivity index (χ2v) is 5.80. The van der Waals surface area contributed by atoms with Crippen molar-refractivity contribution in [2.24, 2.45) is 0 Å². The molecular weight excluding hydrogens is 374 g/mol. The molecule has 0 aromatic heterocycles. The highest BCUT2D eigenvalue weighted by molar-refractivity contribution is 6.05. The minimum absolute atomic E-state index is 0.0561. The number of hydrogen-bond donors (Lipinski definition) is 1. The van der Waals surface area contributed by atoms with Crippen molar-refractivity contribution in [2.45, 2.75) is 6.61 Å². The van der Waals surface area contributed by atoms with Gasteiger partial charge >= 0.3 is 12.6 Å². The molecule has 0 spiro atoms. The van der Waals surface area contributed by atoms with Crippen molar-refractivity contribution in [2.75, 3.05) is 25.6 Å². The molecule has 0 bridgehead atoms. The van der Waals surface area contributed by atoms with Gasteiger partial charge in [0.25, 0.3) is 11.8 Å². The number of carbonyl (C=O) groups excluding carboxylic acids is 3. The average molecular weight is 392 g/mol. The highest BCUT2D eigenvalue weighted by atomic mass is 19.3. The quantitative estimate of drug-likeness (QED) is 0.729. The minimum atomic E-state index is -2.98. The van der Waals surface area contributed by atoms with Gasteiger partial charge in [-0.2, -0.15) is 8.78 Å². The van der Waals surface area contributed by atoms with Crippen molar-refractivity contribution >= 4 is 23.5 Å². The Morgan fingerprint density at radius 3 is 2.07 bits per heavy atom. The Morgan fingerprint density at radius 2 is 1.54 bits per heavy atom. The largest absolute Gasteiger partial charge is 0.452 e. The lowest BCUT2D eigenvalue weighted by Gasteiger charge is -2.12. The first kappa shape index (κ1) is 20.8. The molecule has 0 radical (unpaired) electrons. The van der Waals surface area contributed by atoms with E-state index in [-0.39, 0.29) is 16.9 Å². The molecule has 0 atom stereocenters. The lowest BCUT2D eigenvalue weighted by molar-refractivity contribution is -0.123. The fraction of sp³-hybridized carbons (Fsp3) is 0.211. The molecule has 0 saturated carbocycles. The van der Waals surface area contributed by atoms with Gasteiger partial charge in [-0.25, -0.2) is 4.79 Å². The van der Waals surface area contributed by atoms with E-state index in [0.29, 0.717) is 0 Å². The van der Waals surface area contributed by atoms with Crippen molar-refractivity contribution in [3.05, 3.63) is 59.7 Å². The van der Waals surface area contributed by atoms with Gasteiger partial charge in [0.15, 0.2) is 6.61 Å². The van der Waals surface area contributed by atoms with Crippen LogP contribution < -0.4 is 15.0 Å².